The third kappa shape index (κ3) is 3.81. The van der Waals surface area contributed by atoms with E-state index >= 15 is 0 Å². The maximum atomic E-state index is 5.91. The number of ether oxygens (including phenoxy) is 1. The molecule has 0 spiro atoms. The van der Waals surface area contributed by atoms with Crippen molar-refractivity contribution < 1.29 is 4.74 Å². The van der Waals surface area contributed by atoms with E-state index in [1.54, 1.807) is 0 Å². The van der Waals surface area contributed by atoms with E-state index in [4.69, 9.17) is 4.74 Å². The molecule has 1 N–H and O–H groups in total. The minimum absolute atomic E-state index is 0.638. The molecule has 2 rings (SSSR count). The van der Waals surface area contributed by atoms with Gasteiger partial charge in [0.05, 0.1) is 4.47 Å². The highest BCUT2D eigenvalue weighted by Gasteiger charge is 2.07. The largest absolute Gasteiger partial charge is 0.438 e. The Labute approximate surface area is 128 Å². The minimum atomic E-state index is 0.638. The first-order valence-corrected chi connectivity index (χ1v) is 7.50. The van der Waals surface area contributed by atoms with Crippen LogP contribution in [0.3, 0.4) is 0 Å². The Morgan fingerprint density at radius 3 is 2.70 bits per heavy atom. The lowest BCUT2D eigenvalue weighted by atomic mass is 10.2. The van der Waals surface area contributed by atoms with Crippen molar-refractivity contribution in [1.82, 2.24) is 10.3 Å². The van der Waals surface area contributed by atoms with Gasteiger partial charge in [0.2, 0.25) is 5.88 Å². The van der Waals surface area contributed by atoms with Crippen LogP contribution in [0.4, 0.5) is 0 Å². The topological polar surface area (TPSA) is 34.1 Å². The van der Waals surface area contributed by atoms with Crippen molar-refractivity contribution in [2.24, 2.45) is 0 Å². The molecule has 0 saturated heterocycles. The molecule has 2 aromatic rings. The molecule has 1 aromatic carbocycles. The summed E-state index contributed by atoms with van der Waals surface area (Å²) in [6, 6.07) is 10.1. The molecular formula is C16H19BrN2O. The number of nitrogens with zero attached hydrogens (tertiary/aromatic N) is 1. The molecule has 0 bridgehead atoms. The molecular weight excluding hydrogens is 316 g/mol. The van der Waals surface area contributed by atoms with Gasteiger partial charge in [-0.1, -0.05) is 13.0 Å². The van der Waals surface area contributed by atoms with Crippen LogP contribution >= 0.6 is 15.9 Å². The summed E-state index contributed by atoms with van der Waals surface area (Å²) in [7, 11) is 1.93. The molecule has 0 aliphatic rings. The van der Waals surface area contributed by atoms with E-state index < -0.39 is 0 Å². The zero-order chi connectivity index (χ0) is 14.5. The number of rotatable bonds is 5. The van der Waals surface area contributed by atoms with Gasteiger partial charge in [-0.2, -0.15) is 0 Å². The van der Waals surface area contributed by atoms with Gasteiger partial charge in [0, 0.05) is 18.3 Å². The van der Waals surface area contributed by atoms with Gasteiger partial charge in [-0.25, -0.2) is 4.98 Å². The van der Waals surface area contributed by atoms with Gasteiger partial charge in [-0.3, -0.25) is 0 Å². The van der Waals surface area contributed by atoms with Crippen molar-refractivity contribution in [3.05, 3.63) is 51.6 Å². The number of nitrogens with one attached hydrogen (secondary N) is 1. The first-order valence-electron chi connectivity index (χ1n) is 6.70. The summed E-state index contributed by atoms with van der Waals surface area (Å²) in [5.74, 6) is 1.42. The monoisotopic (exact) mass is 334 g/mol. The second kappa shape index (κ2) is 6.86. The Hall–Kier alpha value is -1.39. The van der Waals surface area contributed by atoms with Gasteiger partial charge in [0.1, 0.15) is 5.75 Å². The van der Waals surface area contributed by atoms with Crippen LogP contribution in [-0.4, -0.2) is 12.0 Å². The van der Waals surface area contributed by atoms with Crippen molar-refractivity contribution >= 4 is 15.9 Å². The highest BCUT2D eigenvalue weighted by molar-refractivity contribution is 9.10. The normalized spacial score (nSPS) is 10.6. The molecule has 0 unspecified atom stereocenters. The van der Waals surface area contributed by atoms with Crippen molar-refractivity contribution in [3.63, 3.8) is 0 Å². The Balaban J connectivity index is 2.29. The molecule has 0 aliphatic heterocycles. The van der Waals surface area contributed by atoms with Gasteiger partial charge in [-0.05, 0) is 65.6 Å². The number of hydrogen-bond donors (Lipinski definition) is 1. The molecule has 3 nitrogen and oxygen atoms in total. The number of halogens is 1. The van der Waals surface area contributed by atoms with Crippen LogP contribution in [0.1, 0.15) is 23.7 Å². The molecule has 20 heavy (non-hydrogen) atoms. The van der Waals surface area contributed by atoms with E-state index in [-0.39, 0.29) is 0 Å². The number of pyridine rings is 1. The van der Waals surface area contributed by atoms with Crippen LogP contribution in [-0.2, 0) is 13.0 Å². The van der Waals surface area contributed by atoms with E-state index in [1.807, 2.05) is 31.3 Å². The SMILES string of the molecule is CCc1cc(CNC)cc(Oc2ccc(C)cc2Br)n1. The second-order valence-corrected chi connectivity index (χ2v) is 5.58. The third-order valence-electron chi connectivity index (χ3n) is 2.96. The Morgan fingerprint density at radius 2 is 2.05 bits per heavy atom. The standard InChI is InChI=1S/C16H19BrN2O/c1-4-13-8-12(10-18-3)9-16(19-13)20-15-6-5-11(2)7-14(15)17/h5-9,18H,4,10H2,1-3H3. The van der Waals surface area contributed by atoms with Gasteiger partial charge in [-0.15, -0.1) is 0 Å². The second-order valence-electron chi connectivity index (χ2n) is 4.72. The Kier molecular flexibility index (Phi) is 5.15. The average molecular weight is 335 g/mol. The van der Waals surface area contributed by atoms with Crippen LogP contribution in [0.2, 0.25) is 0 Å². The van der Waals surface area contributed by atoms with E-state index in [0.717, 1.165) is 28.9 Å². The fourth-order valence-corrected chi connectivity index (χ4v) is 2.54. The van der Waals surface area contributed by atoms with E-state index in [2.05, 4.69) is 46.1 Å². The molecule has 4 heteroatoms. The van der Waals surface area contributed by atoms with Crippen LogP contribution in [0, 0.1) is 6.92 Å². The van der Waals surface area contributed by atoms with Crippen LogP contribution in [0.5, 0.6) is 11.6 Å². The van der Waals surface area contributed by atoms with Crippen molar-refractivity contribution in [3.8, 4) is 11.6 Å². The van der Waals surface area contributed by atoms with Crippen molar-refractivity contribution in [2.75, 3.05) is 7.05 Å². The lowest BCUT2D eigenvalue weighted by Crippen LogP contribution is -2.06. The highest BCUT2D eigenvalue weighted by Crippen LogP contribution is 2.30. The summed E-state index contributed by atoms with van der Waals surface area (Å²) in [4.78, 5) is 4.52. The lowest BCUT2D eigenvalue weighted by molar-refractivity contribution is 0.457. The minimum Gasteiger partial charge on any atom is -0.438 e. The zero-order valence-corrected chi connectivity index (χ0v) is 13.6. The average Bonchev–Trinajstić information content (AvgIpc) is 2.42. The predicted octanol–water partition coefficient (Wildman–Crippen LogP) is 4.23. The number of hydrogen-bond acceptors (Lipinski definition) is 3. The molecule has 0 saturated carbocycles. The molecule has 1 aromatic heterocycles. The maximum Gasteiger partial charge on any atom is 0.219 e. The number of aryl methyl sites for hydroxylation is 2. The number of aromatic nitrogens is 1. The van der Waals surface area contributed by atoms with Gasteiger partial charge in [0.25, 0.3) is 0 Å². The summed E-state index contributed by atoms with van der Waals surface area (Å²) in [6.07, 6.45) is 0.892. The number of benzene rings is 1. The van der Waals surface area contributed by atoms with Crippen LogP contribution in [0.25, 0.3) is 0 Å². The Morgan fingerprint density at radius 1 is 1.25 bits per heavy atom. The summed E-state index contributed by atoms with van der Waals surface area (Å²) in [6.45, 7) is 4.95. The molecule has 0 radical (unpaired) electrons. The van der Waals surface area contributed by atoms with E-state index in [0.29, 0.717) is 5.88 Å². The van der Waals surface area contributed by atoms with Crippen molar-refractivity contribution in [1.29, 1.82) is 0 Å². The molecule has 0 aliphatic carbocycles. The molecule has 0 atom stereocenters. The van der Waals surface area contributed by atoms with Gasteiger partial charge < -0.3 is 10.1 Å². The summed E-state index contributed by atoms with van der Waals surface area (Å²) < 4.78 is 6.85. The molecule has 0 amide bonds. The summed E-state index contributed by atoms with van der Waals surface area (Å²) in [5.41, 5.74) is 3.41. The van der Waals surface area contributed by atoms with Crippen LogP contribution < -0.4 is 10.1 Å². The van der Waals surface area contributed by atoms with E-state index in [9.17, 15) is 0 Å². The van der Waals surface area contributed by atoms with Gasteiger partial charge in [0.15, 0.2) is 0 Å². The lowest BCUT2D eigenvalue weighted by Gasteiger charge is -2.11. The zero-order valence-electron chi connectivity index (χ0n) is 12.0. The van der Waals surface area contributed by atoms with E-state index in [1.165, 1.54) is 11.1 Å². The predicted molar refractivity (Wildman–Crippen MR) is 85.3 cm³/mol. The maximum absolute atomic E-state index is 5.91. The molecule has 1 heterocycles. The quantitative estimate of drug-likeness (QED) is 0.888. The Bertz CT molecular complexity index is 599. The molecule has 0 fully saturated rings. The third-order valence-corrected chi connectivity index (χ3v) is 3.58. The van der Waals surface area contributed by atoms with Gasteiger partial charge >= 0.3 is 0 Å². The fourth-order valence-electron chi connectivity index (χ4n) is 1.96. The van der Waals surface area contributed by atoms with Crippen LogP contribution in [0.15, 0.2) is 34.8 Å². The summed E-state index contributed by atoms with van der Waals surface area (Å²) >= 11 is 3.52. The van der Waals surface area contributed by atoms with Crippen molar-refractivity contribution in [2.45, 2.75) is 26.8 Å². The first-order chi connectivity index (χ1) is 9.62. The molecule has 106 valence electrons. The first kappa shape index (κ1) is 15.0. The highest BCUT2D eigenvalue weighted by atomic mass is 79.9. The smallest absolute Gasteiger partial charge is 0.219 e. The fraction of sp³-hybridized carbons (Fsp3) is 0.312. The summed E-state index contributed by atoms with van der Waals surface area (Å²) in [5, 5.41) is 3.15.